The number of nitrogens with two attached hydrogens (primary N) is 1. The van der Waals surface area contributed by atoms with Crippen molar-refractivity contribution in [1.82, 2.24) is 4.98 Å². The van der Waals surface area contributed by atoms with E-state index < -0.39 is 0 Å². The van der Waals surface area contributed by atoms with Crippen LogP contribution >= 0.6 is 11.6 Å². The van der Waals surface area contributed by atoms with Crippen molar-refractivity contribution < 1.29 is 0 Å². The minimum atomic E-state index is -0.0603. The van der Waals surface area contributed by atoms with Gasteiger partial charge in [0.1, 0.15) is 5.15 Å². The molecular weight excluding hydrogens is 196 g/mol. The van der Waals surface area contributed by atoms with E-state index >= 15 is 0 Å². The van der Waals surface area contributed by atoms with Gasteiger partial charge in [-0.1, -0.05) is 25.4 Å². The first-order valence-electron chi connectivity index (χ1n) is 4.86. The number of pyridine rings is 1. The van der Waals surface area contributed by atoms with Crippen molar-refractivity contribution in [2.45, 2.75) is 39.7 Å². The van der Waals surface area contributed by atoms with Gasteiger partial charge < -0.3 is 5.73 Å². The maximum Gasteiger partial charge on any atom is 0.134 e. The van der Waals surface area contributed by atoms with E-state index in [1.165, 1.54) is 0 Å². The Kier molecular flexibility index (Phi) is 3.51. The number of nitrogens with zero attached hydrogens (tertiary/aromatic N) is 1. The summed E-state index contributed by atoms with van der Waals surface area (Å²) in [4.78, 5) is 4.38. The molecule has 2 N–H and O–H groups in total. The molecule has 2 nitrogen and oxygen atoms in total. The summed E-state index contributed by atoms with van der Waals surface area (Å²) >= 11 is 6.05. The molecule has 1 aromatic heterocycles. The van der Waals surface area contributed by atoms with Crippen molar-refractivity contribution in [3.8, 4) is 0 Å². The van der Waals surface area contributed by atoms with Gasteiger partial charge in [0.05, 0.1) is 0 Å². The minimum absolute atomic E-state index is 0.0603. The molecule has 78 valence electrons. The van der Waals surface area contributed by atoms with Gasteiger partial charge >= 0.3 is 0 Å². The molecule has 0 aliphatic heterocycles. The Hall–Kier alpha value is -0.600. The Labute approximate surface area is 90.5 Å². The molecule has 1 rings (SSSR count). The standard InChI is InChI=1S/C11H17ClN2/c1-6(2)10-7(3)5-9(8(4)13)11(12)14-10/h5-6,8H,13H2,1-4H3. The molecule has 0 fully saturated rings. The SMILES string of the molecule is Cc1cc(C(C)N)c(Cl)nc1C(C)C. The highest BCUT2D eigenvalue weighted by molar-refractivity contribution is 6.30. The second-order valence-corrected chi connectivity index (χ2v) is 4.37. The van der Waals surface area contributed by atoms with Crippen LogP contribution in [0, 0.1) is 6.92 Å². The fourth-order valence-corrected chi connectivity index (χ4v) is 1.85. The van der Waals surface area contributed by atoms with Crippen molar-refractivity contribution in [3.05, 3.63) is 28.0 Å². The molecule has 0 aliphatic carbocycles. The van der Waals surface area contributed by atoms with E-state index in [0.29, 0.717) is 11.1 Å². The molecule has 3 heteroatoms. The van der Waals surface area contributed by atoms with Gasteiger partial charge in [0.2, 0.25) is 0 Å². The lowest BCUT2D eigenvalue weighted by Crippen LogP contribution is -2.09. The average Bonchev–Trinajstić information content (AvgIpc) is 2.07. The van der Waals surface area contributed by atoms with Crippen LogP contribution in [0.1, 0.15) is 49.6 Å². The second-order valence-electron chi connectivity index (χ2n) is 4.01. The van der Waals surface area contributed by atoms with Crippen molar-refractivity contribution in [2.24, 2.45) is 5.73 Å². The van der Waals surface area contributed by atoms with Crippen LogP contribution in [-0.2, 0) is 0 Å². The van der Waals surface area contributed by atoms with Crippen molar-refractivity contribution in [2.75, 3.05) is 0 Å². The third kappa shape index (κ3) is 2.25. The monoisotopic (exact) mass is 212 g/mol. The molecule has 0 aromatic carbocycles. The topological polar surface area (TPSA) is 38.9 Å². The van der Waals surface area contributed by atoms with Crippen LogP contribution < -0.4 is 5.73 Å². The number of rotatable bonds is 2. The van der Waals surface area contributed by atoms with Crippen LogP contribution in [0.4, 0.5) is 0 Å². The lowest BCUT2D eigenvalue weighted by Gasteiger charge is -2.14. The van der Waals surface area contributed by atoms with Gasteiger partial charge in [0, 0.05) is 17.3 Å². The van der Waals surface area contributed by atoms with Gasteiger partial charge in [0.25, 0.3) is 0 Å². The van der Waals surface area contributed by atoms with Crippen molar-refractivity contribution in [1.29, 1.82) is 0 Å². The Morgan fingerprint density at radius 1 is 1.36 bits per heavy atom. The fourth-order valence-electron chi connectivity index (χ4n) is 1.53. The lowest BCUT2D eigenvalue weighted by molar-refractivity contribution is 0.777. The Morgan fingerprint density at radius 2 is 1.93 bits per heavy atom. The van der Waals surface area contributed by atoms with Crippen LogP contribution in [-0.4, -0.2) is 4.98 Å². The molecule has 1 heterocycles. The molecule has 1 unspecified atom stereocenters. The largest absolute Gasteiger partial charge is 0.324 e. The fraction of sp³-hybridized carbons (Fsp3) is 0.545. The van der Waals surface area contributed by atoms with E-state index in [4.69, 9.17) is 17.3 Å². The summed E-state index contributed by atoms with van der Waals surface area (Å²) in [7, 11) is 0. The van der Waals surface area contributed by atoms with Crippen LogP contribution in [0.25, 0.3) is 0 Å². The van der Waals surface area contributed by atoms with Crippen LogP contribution in [0.5, 0.6) is 0 Å². The number of aromatic nitrogens is 1. The molecule has 1 aromatic rings. The molecule has 0 bridgehead atoms. The third-order valence-corrected chi connectivity index (χ3v) is 2.57. The molecular formula is C11H17ClN2. The minimum Gasteiger partial charge on any atom is -0.324 e. The first-order valence-corrected chi connectivity index (χ1v) is 5.23. The summed E-state index contributed by atoms with van der Waals surface area (Å²) in [5.74, 6) is 0.398. The van der Waals surface area contributed by atoms with Gasteiger partial charge in [-0.25, -0.2) is 4.98 Å². The first kappa shape index (κ1) is 11.5. The summed E-state index contributed by atoms with van der Waals surface area (Å²) in [6.45, 7) is 8.18. The smallest absolute Gasteiger partial charge is 0.134 e. The summed E-state index contributed by atoms with van der Waals surface area (Å²) in [6.07, 6.45) is 0. The first-order chi connectivity index (χ1) is 6.43. The predicted molar refractivity (Wildman–Crippen MR) is 60.7 cm³/mol. The van der Waals surface area contributed by atoms with E-state index in [1.807, 2.05) is 19.9 Å². The molecule has 14 heavy (non-hydrogen) atoms. The zero-order chi connectivity index (χ0) is 10.9. The van der Waals surface area contributed by atoms with E-state index in [9.17, 15) is 0 Å². The highest BCUT2D eigenvalue weighted by Gasteiger charge is 2.12. The van der Waals surface area contributed by atoms with Gasteiger partial charge in [-0.3, -0.25) is 0 Å². The molecule has 0 saturated heterocycles. The number of hydrogen-bond acceptors (Lipinski definition) is 2. The predicted octanol–water partition coefficient (Wildman–Crippen LogP) is 3.19. The summed E-state index contributed by atoms with van der Waals surface area (Å²) in [5.41, 5.74) is 8.93. The molecule has 1 atom stereocenters. The number of halogens is 1. The highest BCUT2D eigenvalue weighted by Crippen LogP contribution is 2.25. The van der Waals surface area contributed by atoms with Gasteiger partial charge in [-0.05, 0) is 31.4 Å². The second kappa shape index (κ2) is 4.28. The Bertz CT molecular complexity index is 299. The molecule has 0 aliphatic rings. The lowest BCUT2D eigenvalue weighted by atomic mass is 10.0. The quantitative estimate of drug-likeness (QED) is 0.765. The van der Waals surface area contributed by atoms with E-state index in [-0.39, 0.29) is 6.04 Å². The maximum absolute atomic E-state index is 6.05. The summed E-state index contributed by atoms with van der Waals surface area (Å²) in [6, 6.07) is 1.98. The summed E-state index contributed by atoms with van der Waals surface area (Å²) in [5, 5.41) is 0.536. The van der Waals surface area contributed by atoms with Gasteiger partial charge in [0.15, 0.2) is 0 Å². The van der Waals surface area contributed by atoms with Crippen LogP contribution in [0.3, 0.4) is 0 Å². The van der Waals surface area contributed by atoms with E-state index in [0.717, 1.165) is 16.8 Å². The Morgan fingerprint density at radius 3 is 2.36 bits per heavy atom. The zero-order valence-electron chi connectivity index (χ0n) is 9.13. The molecule has 0 spiro atoms. The number of aryl methyl sites for hydroxylation is 1. The Balaban J connectivity index is 3.24. The normalized spacial score (nSPS) is 13.4. The average molecular weight is 213 g/mol. The van der Waals surface area contributed by atoms with Crippen molar-refractivity contribution >= 4 is 11.6 Å². The third-order valence-electron chi connectivity index (χ3n) is 2.27. The maximum atomic E-state index is 6.05. The highest BCUT2D eigenvalue weighted by atomic mass is 35.5. The van der Waals surface area contributed by atoms with Gasteiger partial charge in [-0.15, -0.1) is 0 Å². The molecule has 0 amide bonds. The molecule has 0 radical (unpaired) electrons. The van der Waals surface area contributed by atoms with Crippen LogP contribution in [0.15, 0.2) is 6.07 Å². The van der Waals surface area contributed by atoms with E-state index in [1.54, 1.807) is 0 Å². The molecule has 0 saturated carbocycles. The summed E-state index contributed by atoms with van der Waals surface area (Å²) < 4.78 is 0. The van der Waals surface area contributed by atoms with Crippen LogP contribution in [0.2, 0.25) is 5.15 Å². The van der Waals surface area contributed by atoms with Crippen molar-refractivity contribution in [3.63, 3.8) is 0 Å². The number of hydrogen-bond donors (Lipinski definition) is 1. The zero-order valence-corrected chi connectivity index (χ0v) is 9.89. The van der Waals surface area contributed by atoms with Gasteiger partial charge in [-0.2, -0.15) is 0 Å². The van der Waals surface area contributed by atoms with E-state index in [2.05, 4.69) is 18.8 Å².